The Morgan fingerprint density at radius 2 is 1.43 bits per heavy atom. The Hall–Kier alpha value is -1.16. The molecule has 0 aliphatic heterocycles. The molecule has 1 aliphatic carbocycles. The fourth-order valence-electron chi connectivity index (χ4n) is 2.49. The summed E-state index contributed by atoms with van der Waals surface area (Å²) in [5, 5.41) is 14.1. The highest BCUT2D eigenvalue weighted by molar-refractivity contribution is 8.14. The highest BCUT2D eigenvalue weighted by Crippen LogP contribution is 2.34. The lowest BCUT2D eigenvalue weighted by Crippen LogP contribution is -2.23. The Morgan fingerprint density at radius 1 is 0.952 bits per heavy atom. The van der Waals surface area contributed by atoms with Gasteiger partial charge in [0.15, 0.2) is 0 Å². The molecule has 118 valence electrons. The van der Waals surface area contributed by atoms with Gasteiger partial charge in [-0.1, -0.05) is 55.6 Å². The van der Waals surface area contributed by atoms with Crippen molar-refractivity contribution in [2.24, 2.45) is 44.0 Å². The molecule has 8 nitrogen and oxygen atoms in total. The zero-order valence-corrected chi connectivity index (χ0v) is 13.5. The van der Waals surface area contributed by atoms with Crippen molar-refractivity contribution in [1.82, 2.24) is 0 Å². The summed E-state index contributed by atoms with van der Waals surface area (Å²) in [4.78, 5) is 0. The van der Waals surface area contributed by atoms with E-state index < -0.39 is 0 Å². The van der Waals surface area contributed by atoms with Crippen molar-refractivity contribution < 1.29 is 0 Å². The summed E-state index contributed by atoms with van der Waals surface area (Å²) in [5.74, 6) is 13.0. The molecule has 0 radical (unpaired) electrons. The number of rotatable bonds is 5. The number of thioether (sulfide) groups is 2. The van der Waals surface area contributed by atoms with Crippen LogP contribution < -0.4 is 11.7 Å². The summed E-state index contributed by atoms with van der Waals surface area (Å²) < 4.78 is 0. The average molecular weight is 330 g/mol. The molecule has 1 rings (SSSR count). The number of amidine groups is 2. The van der Waals surface area contributed by atoms with Gasteiger partial charge >= 0.3 is 0 Å². The van der Waals surface area contributed by atoms with Crippen LogP contribution in [0.4, 0.5) is 0 Å². The van der Waals surface area contributed by atoms with Gasteiger partial charge in [0.1, 0.15) is 0 Å². The van der Waals surface area contributed by atoms with Crippen LogP contribution >= 0.6 is 23.5 Å². The van der Waals surface area contributed by atoms with Gasteiger partial charge in [0.05, 0.1) is 0 Å². The van der Waals surface area contributed by atoms with E-state index in [0.717, 1.165) is 11.5 Å². The molecule has 10 heteroatoms. The van der Waals surface area contributed by atoms with Crippen molar-refractivity contribution in [3.63, 3.8) is 0 Å². The summed E-state index contributed by atoms with van der Waals surface area (Å²) in [6.07, 6.45) is 6.26. The molecule has 0 aromatic rings. The molecule has 0 atom stereocenters. The van der Waals surface area contributed by atoms with Gasteiger partial charge in [0.25, 0.3) is 0 Å². The molecule has 1 saturated carbocycles. The van der Waals surface area contributed by atoms with Crippen molar-refractivity contribution in [2.75, 3.05) is 11.5 Å². The first-order valence-corrected chi connectivity index (χ1v) is 8.78. The minimum absolute atomic E-state index is 0.290. The molecule has 0 aromatic carbocycles. The van der Waals surface area contributed by atoms with Crippen LogP contribution in [0.25, 0.3) is 0 Å². The first-order chi connectivity index (χ1) is 10.2. The van der Waals surface area contributed by atoms with E-state index in [0.29, 0.717) is 22.2 Å². The van der Waals surface area contributed by atoms with E-state index in [4.69, 9.17) is 22.7 Å². The van der Waals surface area contributed by atoms with Gasteiger partial charge in [0, 0.05) is 11.5 Å². The molecule has 0 aromatic heterocycles. The minimum Gasteiger partial charge on any atom is -0.321 e. The lowest BCUT2D eigenvalue weighted by atomic mass is 9.81. The van der Waals surface area contributed by atoms with E-state index in [1.165, 1.54) is 55.6 Å². The largest absolute Gasteiger partial charge is 0.321 e. The fraction of sp³-hybridized carbons (Fsp3) is 0.818. The van der Waals surface area contributed by atoms with Gasteiger partial charge in [-0.25, -0.2) is 11.1 Å². The summed E-state index contributed by atoms with van der Waals surface area (Å²) in [7, 11) is 0. The zero-order chi connectivity index (χ0) is 15.5. The average Bonchev–Trinajstić information content (AvgIpc) is 2.55. The second-order valence-electron chi connectivity index (χ2n) is 4.83. The summed E-state index contributed by atoms with van der Waals surface area (Å²) >= 11 is 2.80. The van der Waals surface area contributed by atoms with Gasteiger partial charge in [0.2, 0.25) is 10.3 Å². The van der Waals surface area contributed by atoms with Crippen molar-refractivity contribution in [3.05, 3.63) is 0 Å². The smallest absolute Gasteiger partial charge is 0.226 e. The first kappa shape index (κ1) is 17.9. The molecule has 0 unspecified atom stereocenters. The SMILES string of the molecule is N=NC(=NN)SCC(CSC(N=N)=NN)C1CCCCC1. The van der Waals surface area contributed by atoms with Gasteiger partial charge in [-0.15, -0.1) is 10.2 Å². The lowest BCUT2D eigenvalue weighted by Gasteiger charge is -2.29. The molecule has 0 saturated heterocycles. The lowest BCUT2D eigenvalue weighted by molar-refractivity contribution is 0.286. The van der Waals surface area contributed by atoms with Crippen LogP contribution in [-0.4, -0.2) is 21.8 Å². The normalized spacial score (nSPS) is 19.2. The van der Waals surface area contributed by atoms with Crippen LogP contribution in [0, 0.1) is 22.9 Å². The third-order valence-electron chi connectivity index (χ3n) is 3.58. The van der Waals surface area contributed by atoms with Crippen LogP contribution in [0.3, 0.4) is 0 Å². The molecule has 6 N–H and O–H groups in total. The third-order valence-corrected chi connectivity index (χ3v) is 5.68. The number of hydrogen-bond acceptors (Lipinski definition) is 8. The van der Waals surface area contributed by atoms with Crippen LogP contribution in [-0.2, 0) is 0 Å². The van der Waals surface area contributed by atoms with Crippen molar-refractivity contribution in [3.8, 4) is 0 Å². The quantitative estimate of drug-likeness (QED) is 0.201. The van der Waals surface area contributed by atoms with Gasteiger partial charge in [-0.3, -0.25) is 0 Å². The van der Waals surface area contributed by atoms with Gasteiger partial charge in [-0.05, 0) is 11.8 Å². The standard InChI is InChI=1S/C11H22N8S2/c12-16-10(17-13)20-6-9(7-21-11(18-14)19-15)8-4-2-1-3-5-8/h8-9,12,14H,1-7,13,15H2. The Bertz CT molecular complexity index is 364. The van der Waals surface area contributed by atoms with Crippen LogP contribution in [0.5, 0.6) is 0 Å². The van der Waals surface area contributed by atoms with Crippen LogP contribution in [0.1, 0.15) is 32.1 Å². The van der Waals surface area contributed by atoms with E-state index in [1.807, 2.05) is 0 Å². The molecule has 0 spiro atoms. The van der Waals surface area contributed by atoms with E-state index in [-0.39, 0.29) is 0 Å². The maximum atomic E-state index is 6.99. The topological polar surface area (TPSA) is 149 Å². The molecule has 0 bridgehead atoms. The predicted molar refractivity (Wildman–Crippen MR) is 88.5 cm³/mol. The number of nitrogens with zero attached hydrogens (tertiary/aromatic N) is 4. The van der Waals surface area contributed by atoms with Crippen molar-refractivity contribution in [1.29, 1.82) is 11.1 Å². The van der Waals surface area contributed by atoms with Crippen LogP contribution in [0.15, 0.2) is 20.4 Å². The molecule has 0 heterocycles. The summed E-state index contributed by atoms with van der Waals surface area (Å²) in [6, 6.07) is 0. The van der Waals surface area contributed by atoms with E-state index >= 15 is 0 Å². The zero-order valence-electron chi connectivity index (χ0n) is 11.9. The summed E-state index contributed by atoms with van der Waals surface area (Å²) in [6.45, 7) is 0. The molecule has 1 aliphatic rings. The molecule has 21 heavy (non-hydrogen) atoms. The minimum atomic E-state index is 0.290. The third kappa shape index (κ3) is 6.42. The second kappa shape index (κ2) is 10.6. The molecule has 1 fully saturated rings. The Labute approximate surface area is 133 Å². The number of hydrazone groups is 2. The van der Waals surface area contributed by atoms with Crippen molar-refractivity contribution in [2.45, 2.75) is 32.1 Å². The number of nitrogens with one attached hydrogen (secondary N) is 2. The monoisotopic (exact) mass is 330 g/mol. The highest BCUT2D eigenvalue weighted by Gasteiger charge is 2.25. The van der Waals surface area contributed by atoms with Gasteiger partial charge < -0.3 is 11.7 Å². The maximum Gasteiger partial charge on any atom is 0.226 e. The summed E-state index contributed by atoms with van der Waals surface area (Å²) in [5.41, 5.74) is 14.0. The second-order valence-corrected chi connectivity index (χ2v) is 6.80. The first-order valence-electron chi connectivity index (χ1n) is 6.81. The highest BCUT2D eigenvalue weighted by atomic mass is 32.2. The van der Waals surface area contributed by atoms with E-state index in [2.05, 4.69) is 20.4 Å². The molecular weight excluding hydrogens is 308 g/mol. The Balaban J connectivity index is 2.60. The van der Waals surface area contributed by atoms with Crippen LogP contribution in [0.2, 0.25) is 0 Å². The molecule has 0 amide bonds. The predicted octanol–water partition coefficient (Wildman–Crippen LogP) is 3.17. The number of nitrogens with two attached hydrogens (primary N) is 2. The van der Waals surface area contributed by atoms with Gasteiger partial charge in [-0.2, -0.15) is 10.2 Å². The Kier molecular flexibility index (Phi) is 8.99. The Morgan fingerprint density at radius 3 is 1.81 bits per heavy atom. The molecular formula is C11H22N8S2. The fourth-order valence-corrected chi connectivity index (χ4v) is 4.42. The van der Waals surface area contributed by atoms with E-state index in [9.17, 15) is 0 Å². The van der Waals surface area contributed by atoms with Crippen molar-refractivity contribution >= 4 is 33.9 Å². The van der Waals surface area contributed by atoms with E-state index in [1.54, 1.807) is 0 Å². The number of hydrogen-bond donors (Lipinski definition) is 4. The maximum absolute atomic E-state index is 6.99.